The molecule has 0 aromatic heterocycles. The second-order valence-electron chi connectivity index (χ2n) is 26.8. The molecule has 6 aliphatic heterocycles. The second kappa shape index (κ2) is 26.3. The van der Waals surface area contributed by atoms with Crippen LogP contribution in [0.15, 0.2) is 11.6 Å². The van der Waals surface area contributed by atoms with Gasteiger partial charge in [0.2, 0.25) is 0 Å². The molecule has 0 bridgehead atoms. The number of aliphatic hydroxyl groups is 15. The zero-order chi connectivity index (χ0) is 61.5. The highest BCUT2D eigenvalue weighted by atomic mass is 16.8. The minimum absolute atomic E-state index is 0.0105. The molecule has 36 unspecified atom stereocenters. The molecule has 0 radical (unpaired) electrons. The first-order chi connectivity index (χ1) is 40.2. The fourth-order valence-electron chi connectivity index (χ4n) is 16.7. The molecule has 0 aromatic rings. The average Bonchev–Trinajstić information content (AvgIpc) is 1.81. The Morgan fingerprint density at radius 1 is 0.565 bits per heavy atom. The SMILES string of the molecule is COC1(CCC(C)COC2OC(CO)C(O)C(O)C2O)OC2CC3C4CC=C5CC(OC6OC(CO)C(OC7OC(CO)C(OC8OC(C)C(O)C(O)C8O)C(O)C7O)C(O)C6OC6OC(C)C(O)C(O)C6O)CCC5(C)C4CCC3(C)C2C1C. The summed E-state index contributed by atoms with van der Waals surface area (Å²) in [6.07, 6.45) is -30.2. The van der Waals surface area contributed by atoms with Gasteiger partial charge < -0.3 is 133 Å². The van der Waals surface area contributed by atoms with Gasteiger partial charge in [0.15, 0.2) is 37.2 Å². The normalized spacial score (nSPS) is 54.8. The summed E-state index contributed by atoms with van der Waals surface area (Å²) in [6.45, 7) is 9.92. The third-order valence-corrected chi connectivity index (χ3v) is 21.9. The lowest BCUT2D eigenvalue weighted by atomic mass is 9.47. The molecule has 0 aromatic carbocycles. The van der Waals surface area contributed by atoms with E-state index < -0.39 is 185 Å². The molecule has 490 valence electrons. The van der Waals surface area contributed by atoms with Crippen LogP contribution >= 0.6 is 0 Å². The minimum atomic E-state index is -1.99. The van der Waals surface area contributed by atoms with Crippen molar-refractivity contribution in [1.29, 1.82) is 0 Å². The molecular formula is C58H96O27. The molecule has 27 nitrogen and oxygen atoms in total. The van der Waals surface area contributed by atoms with E-state index in [4.69, 9.17) is 56.8 Å². The van der Waals surface area contributed by atoms with Gasteiger partial charge in [-0.1, -0.05) is 39.3 Å². The van der Waals surface area contributed by atoms with E-state index in [1.807, 2.05) is 6.92 Å². The Labute approximate surface area is 494 Å². The predicted octanol–water partition coefficient (Wildman–Crippen LogP) is -3.50. The Bertz CT molecular complexity index is 2240. The molecule has 0 amide bonds. The summed E-state index contributed by atoms with van der Waals surface area (Å²) in [5.74, 6) is 0.630. The standard InChI is InChI=1S/C58H96O27/c1-22(21-75-51-43(69)41(67)38(64)32(18-59)79-51)10-15-58(74-7)23(2)35-31(85-58)17-30-28-9-8-26-16-27(11-13-56(26,5)29(28)12-14-57(30,35)6)78-55-50(84-53-45(71)40(66)37(63)25(4)77-53)47(73)49(34(20-61)81-55)83-54-46(72)42(68)48(33(19-60)80-54)82-52-44(70)39(65)36(62)24(3)76-52/h8,22-25,27-55,59-73H,9-21H2,1-7H3. The van der Waals surface area contributed by atoms with Crippen molar-refractivity contribution in [2.45, 2.75) is 271 Å². The highest BCUT2D eigenvalue weighted by Gasteiger charge is 2.69. The predicted molar refractivity (Wildman–Crippen MR) is 286 cm³/mol. The highest BCUT2D eigenvalue weighted by molar-refractivity contribution is 5.26. The lowest BCUT2D eigenvalue weighted by Gasteiger charge is -2.58. The first-order valence-corrected chi connectivity index (χ1v) is 30.7. The molecule has 9 fully saturated rings. The minimum Gasteiger partial charge on any atom is -0.394 e. The summed E-state index contributed by atoms with van der Waals surface area (Å²) in [5, 5.41) is 161. The zero-order valence-corrected chi connectivity index (χ0v) is 49.4. The summed E-state index contributed by atoms with van der Waals surface area (Å²) in [5.41, 5.74) is 1.05. The van der Waals surface area contributed by atoms with Crippen molar-refractivity contribution in [2.24, 2.45) is 46.3 Å². The fourth-order valence-corrected chi connectivity index (χ4v) is 16.7. The van der Waals surface area contributed by atoms with Crippen molar-refractivity contribution in [3.63, 3.8) is 0 Å². The van der Waals surface area contributed by atoms with E-state index in [9.17, 15) is 76.6 Å². The summed E-state index contributed by atoms with van der Waals surface area (Å²) in [7, 11) is 1.70. The van der Waals surface area contributed by atoms with Gasteiger partial charge in [-0.05, 0) is 106 Å². The number of methoxy groups -OCH3 is 1. The molecule has 6 saturated heterocycles. The molecule has 3 saturated carbocycles. The zero-order valence-electron chi connectivity index (χ0n) is 49.4. The van der Waals surface area contributed by atoms with E-state index >= 15 is 0 Å². The third kappa shape index (κ3) is 12.1. The van der Waals surface area contributed by atoms with Gasteiger partial charge in [-0.15, -0.1) is 0 Å². The number of aliphatic hydroxyl groups excluding tert-OH is 15. The molecule has 10 rings (SSSR count). The Morgan fingerprint density at radius 3 is 1.69 bits per heavy atom. The van der Waals surface area contributed by atoms with Crippen molar-refractivity contribution >= 4 is 0 Å². The lowest BCUT2D eigenvalue weighted by Crippen LogP contribution is -2.67. The third-order valence-electron chi connectivity index (χ3n) is 21.9. The Hall–Kier alpha value is -1.34. The van der Waals surface area contributed by atoms with Gasteiger partial charge in [-0.25, -0.2) is 0 Å². The number of fused-ring (bicyclic) bond motifs is 7. The van der Waals surface area contributed by atoms with Crippen LogP contribution in [0, 0.1) is 46.3 Å². The maximum absolute atomic E-state index is 12.3. The van der Waals surface area contributed by atoms with E-state index in [2.05, 4.69) is 26.8 Å². The maximum Gasteiger partial charge on any atom is 0.187 e. The summed E-state index contributed by atoms with van der Waals surface area (Å²) < 4.78 is 73.3. The summed E-state index contributed by atoms with van der Waals surface area (Å²) in [4.78, 5) is 0. The van der Waals surface area contributed by atoms with Gasteiger partial charge in [0, 0.05) is 19.4 Å². The summed E-state index contributed by atoms with van der Waals surface area (Å²) in [6, 6.07) is 0. The van der Waals surface area contributed by atoms with Crippen LogP contribution in [0.5, 0.6) is 0 Å². The van der Waals surface area contributed by atoms with Crippen LogP contribution in [-0.4, -0.2) is 282 Å². The Morgan fingerprint density at radius 2 is 1.09 bits per heavy atom. The first kappa shape index (κ1) is 66.6. The topological polar surface area (TPSA) is 414 Å². The molecular weight excluding hydrogens is 1130 g/mol. The number of rotatable bonds is 18. The van der Waals surface area contributed by atoms with Crippen LogP contribution in [0.25, 0.3) is 0 Å². The highest BCUT2D eigenvalue weighted by Crippen LogP contribution is 2.70. The molecule has 0 spiro atoms. The molecule has 10 aliphatic rings. The van der Waals surface area contributed by atoms with Crippen LogP contribution < -0.4 is 0 Å². The molecule has 27 heteroatoms. The number of allylic oxidation sites excluding steroid dienone is 1. The van der Waals surface area contributed by atoms with Gasteiger partial charge in [0.25, 0.3) is 0 Å². The first-order valence-electron chi connectivity index (χ1n) is 30.7. The van der Waals surface area contributed by atoms with Crippen molar-refractivity contribution in [1.82, 2.24) is 0 Å². The Kier molecular flexibility index (Phi) is 20.6. The monoisotopic (exact) mass is 1220 g/mol. The van der Waals surface area contributed by atoms with E-state index in [0.717, 1.165) is 32.1 Å². The molecule has 6 heterocycles. The van der Waals surface area contributed by atoms with Crippen LogP contribution in [0.2, 0.25) is 0 Å². The van der Waals surface area contributed by atoms with E-state index in [-0.39, 0.29) is 41.3 Å². The maximum atomic E-state index is 12.3. The van der Waals surface area contributed by atoms with E-state index in [1.54, 1.807) is 7.11 Å². The average molecular weight is 1230 g/mol. The number of hydrogen-bond donors (Lipinski definition) is 15. The number of hydrogen-bond acceptors (Lipinski definition) is 27. The lowest BCUT2D eigenvalue weighted by molar-refractivity contribution is -0.395. The second-order valence-corrected chi connectivity index (χ2v) is 26.8. The summed E-state index contributed by atoms with van der Waals surface area (Å²) >= 11 is 0. The van der Waals surface area contributed by atoms with Crippen molar-refractivity contribution < 1.29 is 133 Å². The van der Waals surface area contributed by atoms with E-state index in [0.29, 0.717) is 43.4 Å². The fraction of sp³-hybridized carbons (Fsp3) is 0.966. The van der Waals surface area contributed by atoms with Gasteiger partial charge in [0.05, 0.1) is 50.8 Å². The van der Waals surface area contributed by atoms with E-state index in [1.165, 1.54) is 19.4 Å². The Balaban J connectivity index is 0.797. The quantitative estimate of drug-likeness (QED) is 0.0592. The number of ether oxygens (including phenoxy) is 12. The van der Waals surface area contributed by atoms with Crippen LogP contribution in [0.3, 0.4) is 0 Å². The van der Waals surface area contributed by atoms with Crippen molar-refractivity contribution in [3.8, 4) is 0 Å². The molecule has 15 N–H and O–H groups in total. The van der Waals surface area contributed by atoms with Gasteiger partial charge in [-0.3, -0.25) is 0 Å². The van der Waals surface area contributed by atoms with Crippen molar-refractivity contribution in [3.05, 3.63) is 11.6 Å². The van der Waals surface area contributed by atoms with Crippen LogP contribution in [-0.2, 0) is 56.8 Å². The largest absolute Gasteiger partial charge is 0.394 e. The molecule has 85 heavy (non-hydrogen) atoms. The van der Waals surface area contributed by atoms with Crippen LogP contribution in [0.4, 0.5) is 0 Å². The molecule has 4 aliphatic carbocycles. The van der Waals surface area contributed by atoms with Gasteiger partial charge >= 0.3 is 0 Å². The van der Waals surface area contributed by atoms with Gasteiger partial charge in [-0.2, -0.15) is 0 Å². The molecule has 36 atom stereocenters. The van der Waals surface area contributed by atoms with Crippen LogP contribution in [0.1, 0.15) is 99.3 Å². The van der Waals surface area contributed by atoms with Gasteiger partial charge in [0.1, 0.15) is 110 Å². The smallest absolute Gasteiger partial charge is 0.187 e. The van der Waals surface area contributed by atoms with Crippen molar-refractivity contribution in [2.75, 3.05) is 33.5 Å².